The SMILES string of the molecule is CCN(C(=O)Cc1ccc(S(C)(=O)=O)cc1)C1CCN(c2cccc(CCC(N)=O)c2)CC1. The minimum Gasteiger partial charge on any atom is -0.371 e. The normalized spacial score (nSPS) is 14.8. The van der Waals surface area contributed by atoms with Crippen LogP contribution in [-0.4, -0.2) is 57.1 Å². The molecule has 0 saturated carbocycles. The molecule has 2 N–H and O–H groups in total. The molecule has 0 aromatic heterocycles. The molecule has 2 aromatic rings. The van der Waals surface area contributed by atoms with Crippen molar-refractivity contribution < 1.29 is 18.0 Å². The molecule has 0 aliphatic carbocycles. The summed E-state index contributed by atoms with van der Waals surface area (Å²) >= 11 is 0. The zero-order valence-electron chi connectivity index (χ0n) is 19.4. The second-order valence-electron chi connectivity index (χ2n) is 8.63. The van der Waals surface area contributed by atoms with Gasteiger partial charge in [-0.3, -0.25) is 9.59 Å². The minimum absolute atomic E-state index is 0.0662. The largest absolute Gasteiger partial charge is 0.371 e. The van der Waals surface area contributed by atoms with Crippen molar-refractivity contribution in [3.8, 4) is 0 Å². The lowest BCUT2D eigenvalue weighted by Crippen LogP contribution is -2.48. The molecule has 0 spiro atoms. The molecule has 0 unspecified atom stereocenters. The summed E-state index contributed by atoms with van der Waals surface area (Å²) in [7, 11) is -3.24. The topological polar surface area (TPSA) is 101 Å². The first kappa shape index (κ1) is 24.8. The van der Waals surface area contributed by atoms with Gasteiger partial charge in [0.1, 0.15) is 0 Å². The van der Waals surface area contributed by atoms with Crippen molar-refractivity contribution in [1.82, 2.24) is 4.90 Å². The van der Waals surface area contributed by atoms with E-state index in [-0.39, 0.29) is 29.2 Å². The first-order valence-corrected chi connectivity index (χ1v) is 13.3. The van der Waals surface area contributed by atoms with E-state index >= 15 is 0 Å². The maximum Gasteiger partial charge on any atom is 0.227 e. The number of carbonyl (C=O) groups is 2. The number of anilines is 1. The number of piperidine rings is 1. The maximum atomic E-state index is 13.0. The van der Waals surface area contributed by atoms with Crippen LogP contribution in [0.5, 0.6) is 0 Å². The lowest BCUT2D eigenvalue weighted by molar-refractivity contribution is -0.133. The predicted octanol–water partition coefficient (Wildman–Crippen LogP) is 2.57. The van der Waals surface area contributed by atoms with Crippen LogP contribution in [0.1, 0.15) is 37.3 Å². The van der Waals surface area contributed by atoms with Crippen LogP contribution in [0.4, 0.5) is 5.69 Å². The molecule has 1 aliphatic heterocycles. The number of hydrogen-bond acceptors (Lipinski definition) is 5. The highest BCUT2D eigenvalue weighted by Gasteiger charge is 2.27. The fourth-order valence-corrected chi connectivity index (χ4v) is 5.01. The zero-order chi connectivity index (χ0) is 24.0. The molecule has 1 saturated heterocycles. The second-order valence-corrected chi connectivity index (χ2v) is 10.6. The van der Waals surface area contributed by atoms with Crippen LogP contribution in [0.15, 0.2) is 53.4 Å². The van der Waals surface area contributed by atoms with Crippen LogP contribution in [-0.2, 0) is 32.3 Å². The Morgan fingerprint density at radius 1 is 1.06 bits per heavy atom. The maximum absolute atomic E-state index is 13.0. The summed E-state index contributed by atoms with van der Waals surface area (Å²) in [5.74, 6) is -0.228. The predicted molar refractivity (Wildman–Crippen MR) is 130 cm³/mol. The van der Waals surface area contributed by atoms with E-state index in [1.165, 1.54) is 6.26 Å². The number of carbonyl (C=O) groups excluding carboxylic acids is 2. The number of rotatable bonds is 9. The number of benzene rings is 2. The number of amides is 2. The van der Waals surface area contributed by atoms with Gasteiger partial charge in [-0.15, -0.1) is 0 Å². The molecular formula is C25H33N3O4S. The molecule has 8 heteroatoms. The number of nitrogens with two attached hydrogens (primary N) is 1. The Morgan fingerprint density at radius 3 is 2.30 bits per heavy atom. The third kappa shape index (κ3) is 6.81. The fraction of sp³-hybridized carbons (Fsp3) is 0.440. The number of hydrogen-bond donors (Lipinski definition) is 1. The van der Waals surface area contributed by atoms with Gasteiger partial charge in [-0.2, -0.15) is 0 Å². The van der Waals surface area contributed by atoms with Gasteiger partial charge in [-0.1, -0.05) is 24.3 Å². The van der Waals surface area contributed by atoms with E-state index in [0.717, 1.165) is 42.7 Å². The molecule has 2 amide bonds. The van der Waals surface area contributed by atoms with Crippen molar-refractivity contribution in [2.24, 2.45) is 5.73 Å². The van der Waals surface area contributed by atoms with Crippen molar-refractivity contribution in [1.29, 1.82) is 0 Å². The summed E-state index contributed by atoms with van der Waals surface area (Å²) in [6.07, 6.45) is 4.20. The van der Waals surface area contributed by atoms with Gasteiger partial charge in [0.05, 0.1) is 11.3 Å². The van der Waals surface area contributed by atoms with Gasteiger partial charge in [0, 0.05) is 44.0 Å². The lowest BCUT2D eigenvalue weighted by atomic mass is 10.0. The highest BCUT2D eigenvalue weighted by atomic mass is 32.2. The summed E-state index contributed by atoms with van der Waals surface area (Å²) in [5, 5.41) is 0. The van der Waals surface area contributed by atoms with Crippen LogP contribution in [0.2, 0.25) is 0 Å². The van der Waals surface area contributed by atoms with Gasteiger partial charge in [0.25, 0.3) is 0 Å². The van der Waals surface area contributed by atoms with Crippen molar-refractivity contribution in [2.45, 2.75) is 50.0 Å². The first-order chi connectivity index (χ1) is 15.7. The summed E-state index contributed by atoms with van der Waals surface area (Å²) in [6.45, 7) is 4.36. The number of primary amides is 1. The minimum atomic E-state index is -3.24. The fourth-order valence-electron chi connectivity index (χ4n) is 4.38. The third-order valence-electron chi connectivity index (χ3n) is 6.21. The van der Waals surface area contributed by atoms with Gasteiger partial charge in [0.2, 0.25) is 11.8 Å². The Kier molecular flexibility index (Phi) is 8.13. The van der Waals surface area contributed by atoms with E-state index in [1.807, 2.05) is 24.0 Å². The van der Waals surface area contributed by atoms with E-state index in [9.17, 15) is 18.0 Å². The lowest BCUT2D eigenvalue weighted by Gasteiger charge is -2.39. The summed E-state index contributed by atoms with van der Waals surface area (Å²) in [4.78, 5) is 28.6. The molecule has 1 fully saturated rings. The van der Waals surface area contributed by atoms with Gasteiger partial charge < -0.3 is 15.5 Å². The molecular weight excluding hydrogens is 438 g/mol. The van der Waals surface area contributed by atoms with Gasteiger partial charge >= 0.3 is 0 Å². The van der Waals surface area contributed by atoms with Gasteiger partial charge in [-0.05, 0) is 61.6 Å². The molecule has 3 rings (SSSR count). The van der Waals surface area contributed by atoms with Crippen molar-refractivity contribution in [2.75, 3.05) is 30.8 Å². The number of sulfone groups is 1. The van der Waals surface area contributed by atoms with Crippen LogP contribution in [0.25, 0.3) is 0 Å². The van der Waals surface area contributed by atoms with Gasteiger partial charge in [0.15, 0.2) is 9.84 Å². The van der Waals surface area contributed by atoms with E-state index in [4.69, 9.17) is 5.73 Å². The standard InChI is InChI=1S/C25H33N3O4S/c1-3-28(25(30)18-20-7-10-23(11-8-20)33(2,31)32)21-13-15-27(16-14-21)22-6-4-5-19(17-22)9-12-24(26)29/h4-8,10-11,17,21H,3,9,12-16,18H2,1-2H3,(H2,26,29). The first-order valence-electron chi connectivity index (χ1n) is 11.4. The average Bonchev–Trinajstić information content (AvgIpc) is 2.78. The molecule has 2 aromatic carbocycles. The number of nitrogens with zero attached hydrogens (tertiary/aromatic N) is 2. The Labute approximate surface area is 196 Å². The average molecular weight is 472 g/mol. The molecule has 0 atom stereocenters. The van der Waals surface area contributed by atoms with Crippen molar-refractivity contribution in [3.63, 3.8) is 0 Å². The highest BCUT2D eigenvalue weighted by Crippen LogP contribution is 2.24. The molecule has 7 nitrogen and oxygen atoms in total. The van der Waals surface area contributed by atoms with Crippen LogP contribution in [0.3, 0.4) is 0 Å². The third-order valence-corrected chi connectivity index (χ3v) is 7.34. The Hall–Kier alpha value is -2.87. The molecule has 1 heterocycles. The summed E-state index contributed by atoms with van der Waals surface area (Å²) in [5.41, 5.74) is 8.32. The van der Waals surface area contributed by atoms with Crippen LogP contribution < -0.4 is 10.6 Å². The number of aryl methyl sites for hydroxylation is 1. The number of likely N-dealkylation sites (N-methyl/N-ethyl adjacent to an activating group) is 1. The summed E-state index contributed by atoms with van der Waals surface area (Å²) in [6, 6.07) is 15.0. The van der Waals surface area contributed by atoms with E-state index in [1.54, 1.807) is 24.3 Å². The molecule has 33 heavy (non-hydrogen) atoms. The highest BCUT2D eigenvalue weighted by molar-refractivity contribution is 7.90. The van der Waals surface area contributed by atoms with Crippen molar-refractivity contribution >= 4 is 27.3 Å². The van der Waals surface area contributed by atoms with E-state index in [2.05, 4.69) is 17.0 Å². The molecule has 178 valence electrons. The Bertz CT molecular complexity index is 1080. The summed E-state index contributed by atoms with van der Waals surface area (Å²) < 4.78 is 23.3. The quantitative estimate of drug-likeness (QED) is 0.606. The van der Waals surface area contributed by atoms with Crippen molar-refractivity contribution in [3.05, 3.63) is 59.7 Å². The second kappa shape index (κ2) is 10.8. The molecule has 0 bridgehead atoms. The zero-order valence-corrected chi connectivity index (χ0v) is 20.2. The Morgan fingerprint density at radius 2 is 1.73 bits per heavy atom. The van der Waals surface area contributed by atoms with Gasteiger partial charge in [-0.25, -0.2) is 8.42 Å². The smallest absolute Gasteiger partial charge is 0.227 e. The van der Waals surface area contributed by atoms with E-state index in [0.29, 0.717) is 19.4 Å². The van der Waals surface area contributed by atoms with E-state index < -0.39 is 9.84 Å². The van der Waals surface area contributed by atoms with Crippen LogP contribution >= 0.6 is 0 Å². The molecule has 1 aliphatic rings. The Balaban J connectivity index is 1.58. The van der Waals surface area contributed by atoms with Crippen LogP contribution in [0, 0.1) is 0 Å². The molecule has 0 radical (unpaired) electrons. The monoisotopic (exact) mass is 471 g/mol.